The van der Waals surface area contributed by atoms with Crippen LogP contribution in [0, 0.1) is 0 Å². The largest absolute Gasteiger partial charge is 0.465 e. The maximum Gasteiger partial charge on any atom is 0.337 e. The predicted molar refractivity (Wildman–Crippen MR) is 126 cm³/mol. The van der Waals surface area contributed by atoms with E-state index in [0.717, 1.165) is 17.7 Å². The molecule has 3 aromatic rings. The number of thiophene rings is 1. The summed E-state index contributed by atoms with van der Waals surface area (Å²) in [5.74, 6) is -0.480. The van der Waals surface area contributed by atoms with Crippen LogP contribution in [0.3, 0.4) is 0 Å². The molecule has 0 aliphatic carbocycles. The highest BCUT2D eigenvalue weighted by molar-refractivity contribution is 7.80. The first-order valence-electron chi connectivity index (χ1n) is 10.2. The van der Waals surface area contributed by atoms with Gasteiger partial charge in [0.2, 0.25) is 5.82 Å². The number of nitrogens with zero attached hydrogens (tertiary/aromatic N) is 5. The minimum absolute atomic E-state index is 0.138. The van der Waals surface area contributed by atoms with Crippen molar-refractivity contribution in [2.75, 3.05) is 32.6 Å². The van der Waals surface area contributed by atoms with Gasteiger partial charge in [0.15, 0.2) is 5.11 Å². The molecular weight excluding hydrogens is 464 g/mol. The van der Waals surface area contributed by atoms with E-state index in [4.69, 9.17) is 21.7 Å². The number of anilines is 1. The lowest BCUT2D eigenvalue weighted by molar-refractivity contribution is 0.0599. The van der Waals surface area contributed by atoms with Gasteiger partial charge in [-0.1, -0.05) is 6.07 Å². The number of thiocarbonyl (C=S) groups is 1. The Bertz CT molecular complexity index is 1120. The third kappa shape index (κ3) is 5.17. The highest BCUT2D eigenvalue weighted by atomic mass is 32.1. The number of hydrogen-bond donors (Lipinski definition) is 1. The van der Waals surface area contributed by atoms with Gasteiger partial charge in [0.1, 0.15) is 0 Å². The van der Waals surface area contributed by atoms with Crippen molar-refractivity contribution in [3.63, 3.8) is 0 Å². The molecular formula is C21H22N6O4S2. The molecule has 0 spiro atoms. The third-order valence-electron chi connectivity index (χ3n) is 5.27. The second-order valence-electron chi connectivity index (χ2n) is 7.34. The van der Waals surface area contributed by atoms with E-state index in [1.165, 1.54) is 20.3 Å². The molecule has 0 atom stereocenters. The first kappa shape index (κ1) is 22.8. The van der Waals surface area contributed by atoms with Crippen molar-refractivity contribution < 1.29 is 19.1 Å². The molecule has 0 unspecified atom stereocenters. The second kappa shape index (κ2) is 10.0. The summed E-state index contributed by atoms with van der Waals surface area (Å²) < 4.78 is 9.56. The Morgan fingerprint density at radius 2 is 1.79 bits per heavy atom. The summed E-state index contributed by atoms with van der Waals surface area (Å²) in [6.07, 6.45) is 1.61. The van der Waals surface area contributed by atoms with Crippen molar-refractivity contribution >= 4 is 46.3 Å². The topological polar surface area (TPSA) is 111 Å². The number of benzene rings is 1. The van der Waals surface area contributed by atoms with E-state index in [1.807, 2.05) is 22.4 Å². The highest BCUT2D eigenvalue weighted by Gasteiger charge is 2.25. The minimum atomic E-state index is -0.558. The molecule has 33 heavy (non-hydrogen) atoms. The summed E-state index contributed by atoms with van der Waals surface area (Å²) in [4.78, 5) is 28.7. The molecule has 1 aromatic carbocycles. The third-order valence-corrected chi connectivity index (χ3v) is 6.50. The Morgan fingerprint density at radius 1 is 1.12 bits per heavy atom. The van der Waals surface area contributed by atoms with Crippen molar-refractivity contribution in [3.8, 4) is 10.7 Å². The fourth-order valence-electron chi connectivity index (χ4n) is 3.56. The maximum atomic E-state index is 12.0. The molecule has 12 heteroatoms. The Kier molecular flexibility index (Phi) is 6.94. The lowest BCUT2D eigenvalue weighted by atomic mass is 10.1. The molecule has 4 rings (SSSR count). The molecule has 0 radical (unpaired) electrons. The Balaban J connectivity index is 1.40. The van der Waals surface area contributed by atoms with E-state index >= 15 is 0 Å². The SMILES string of the molecule is COC(=O)c1cc(NC(=S)N2CCC(n3nnc(-c4cccs4)n3)CC2)cc(C(=O)OC)c1. The van der Waals surface area contributed by atoms with Crippen molar-refractivity contribution in [1.29, 1.82) is 0 Å². The van der Waals surface area contributed by atoms with E-state index in [0.29, 0.717) is 29.7 Å². The average molecular weight is 487 g/mol. The van der Waals surface area contributed by atoms with Crippen LogP contribution in [0.5, 0.6) is 0 Å². The molecule has 2 aromatic heterocycles. The van der Waals surface area contributed by atoms with Crippen LogP contribution < -0.4 is 5.32 Å². The molecule has 0 bridgehead atoms. The Hall–Kier alpha value is -3.38. The summed E-state index contributed by atoms with van der Waals surface area (Å²) in [6, 6.07) is 8.67. The number of methoxy groups -OCH3 is 2. The zero-order valence-electron chi connectivity index (χ0n) is 18.1. The number of carbonyl (C=O) groups excluding carboxylic acids is 2. The fourth-order valence-corrected chi connectivity index (χ4v) is 4.51. The van der Waals surface area contributed by atoms with Crippen LogP contribution in [0.1, 0.15) is 39.6 Å². The number of likely N-dealkylation sites (tertiary alicyclic amines) is 1. The van der Waals surface area contributed by atoms with Gasteiger partial charge in [0.05, 0.1) is 36.3 Å². The monoisotopic (exact) mass is 486 g/mol. The molecule has 1 N–H and O–H groups in total. The number of esters is 2. The van der Waals surface area contributed by atoms with Gasteiger partial charge >= 0.3 is 11.9 Å². The molecule has 1 fully saturated rings. The summed E-state index contributed by atoms with van der Waals surface area (Å²) in [5, 5.41) is 18.5. The normalized spacial score (nSPS) is 14.1. The van der Waals surface area contributed by atoms with Crippen LogP contribution in [0.15, 0.2) is 35.7 Å². The van der Waals surface area contributed by atoms with Gasteiger partial charge in [-0.3, -0.25) is 0 Å². The number of carbonyl (C=O) groups is 2. The van der Waals surface area contributed by atoms with Gasteiger partial charge in [-0.25, -0.2) is 9.59 Å². The average Bonchev–Trinajstić information content (AvgIpc) is 3.55. The van der Waals surface area contributed by atoms with Crippen molar-refractivity contribution in [1.82, 2.24) is 25.1 Å². The quantitative estimate of drug-likeness (QED) is 0.427. The van der Waals surface area contributed by atoms with Gasteiger partial charge in [0, 0.05) is 18.8 Å². The van der Waals surface area contributed by atoms with Gasteiger partial charge < -0.3 is 19.7 Å². The fraction of sp³-hybridized carbons (Fsp3) is 0.333. The Labute approximate surface area is 199 Å². The van der Waals surface area contributed by atoms with E-state index < -0.39 is 11.9 Å². The van der Waals surface area contributed by atoms with Gasteiger partial charge in [-0.2, -0.15) is 4.80 Å². The molecule has 0 amide bonds. The number of tetrazole rings is 1. The molecule has 1 saturated heterocycles. The van der Waals surface area contributed by atoms with Crippen molar-refractivity contribution in [2.45, 2.75) is 18.9 Å². The number of piperidine rings is 1. The van der Waals surface area contributed by atoms with Gasteiger partial charge in [-0.05, 0) is 59.9 Å². The molecule has 1 aliphatic heterocycles. The number of aromatic nitrogens is 4. The standard InChI is InChI=1S/C21H22N6O4S2/c1-30-19(28)13-10-14(20(29)31-2)12-15(11-13)22-21(32)26-7-5-16(6-8-26)27-24-18(23-25-27)17-4-3-9-33-17/h3-4,9-12,16H,5-8H2,1-2H3,(H,22,32). The van der Waals surface area contributed by atoms with Crippen LogP contribution in [-0.4, -0.2) is 69.5 Å². The van der Waals surface area contributed by atoms with Crippen LogP contribution in [-0.2, 0) is 9.47 Å². The first-order valence-corrected chi connectivity index (χ1v) is 11.5. The lowest BCUT2D eigenvalue weighted by Gasteiger charge is -2.33. The van der Waals surface area contributed by atoms with Crippen LogP contribution in [0.2, 0.25) is 0 Å². The summed E-state index contributed by atoms with van der Waals surface area (Å²) >= 11 is 7.16. The van der Waals surface area contributed by atoms with Crippen molar-refractivity contribution in [2.24, 2.45) is 0 Å². The number of hydrogen-bond acceptors (Lipinski definition) is 9. The van der Waals surface area contributed by atoms with Crippen LogP contribution in [0.4, 0.5) is 5.69 Å². The van der Waals surface area contributed by atoms with E-state index in [-0.39, 0.29) is 17.2 Å². The number of ether oxygens (including phenoxy) is 2. The number of rotatable bonds is 5. The molecule has 1 aliphatic rings. The van der Waals surface area contributed by atoms with Gasteiger partial charge in [0.25, 0.3) is 0 Å². The smallest absolute Gasteiger partial charge is 0.337 e. The van der Waals surface area contributed by atoms with E-state index in [9.17, 15) is 9.59 Å². The predicted octanol–water partition coefficient (Wildman–Crippen LogP) is 3.01. The lowest BCUT2D eigenvalue weighted by Crippen LogP contribution is -2.41. The highest BCUT2D eigenvalue weighted by Crippen LogP contribution is 2.25. The molecule has 3 heterocycles. The summed E-state index contributed by atoms with van der Waals surface area (Å²) in [5.41, 5.74) is 0.954. The zero-order chi connectivity index (χ0) is 23.4. The van der Waals surface area contributed by atoms with E-state index in [2.05, 4.69) is 20.7 Å². The van der Waals surface area contributed by atoms with Crippen molar-refractivity contribution in [3.05, 3.63) is 46.8 Å². The molecule has 10 nitrogen and oxygen atoms in total. The second-order valence-corrected chi connectivity index (χ2v) is 8.68. The van der Waals surface area contributed by atoms with Crippen LogP contribution in [0.25, 0.3) is 10.7 Å². The summed E-state index contributed by atoms with van der Waals surface area (Å²) in [6.45, 7) is 1.40. The summed E-state index contributed by atoms with van der Waals surface area (Å²) in [7, 11) is 2.56. The maximum absolute atomic E-state index is 12.0. The van der Waals surface area contributed by atoms with Crippen LogP contribution >= 0.6 is 23.6 Å². The Morgan fingerprint density at radius 3 is 2.36 bits per heavy atom. The van der Waals surface area contributed by atoms with Gasteiger partial charge in [-0.15, -0.1) is 21.5 Å². The number of nitrogens with one attached hydrogen (secondary N) is 1. The molecule has 172 valence electrons. The molecule has 0 saturated carbocycles. The first-order chi connectivity index (χ1) is 16.0. The van der Waals surface area contributed by atoms with E-state index in [1.54, 1.807) is 28.3 Å². The zero-order valence-corrected chi connectivity index (χ0v) is 19.7. The minimum Gasteiger partial charge on any atom is -0.465 e.